The third kappa shape index (κ3) is 1.61. The fraction of sp³-hybridized carbons (Fsp3) is 0.667. The van der Waals surface area contributed by atoms with Gasteiger partial charge in [-0.2, -0.15) is 0 Å². The van der Waals surface area contributed by atoms with Crippen LogP contribution >= 0.6 is 15.9 Å². The molecule has 1 saturated carbocycles. The van der Waals surface area contributed by atoms with E-state index in [0.717, 1.165) is 0 Å². The van der Waals surface area contributed by atoms with E-state index in [1.807, 2.05) is 0 Å². The molecule has 1 aliphatic carbocycles. The van der Waals surface area contributed by atoms with Crippen LogP contribution in [0.5, 0.6) is 0 Å². The van der Waals surface area contributed by atoms with Crippen LogP contribution in [0.1, 0.15) is 19.3 Å². The Morgan fingerprint density at radius 3 is 2.56 bits per heavy atom. The van der Waals surface area contributed by atoms with Gasteiger partial charge in [-0.05, 0) is 6.42 Å². The van der Waals surface area contributed by atoms with Crippen LogP contribution in [-0.2, 0) is 9.59 Å². The lowest BCUT2D eigenvalue weighted by molar-refractivity contribution is -0.128. The number of alkyl halides is 1. The normalized spacial score (nSPS) is 28.8. The number of ketones is 2. The topological polar surface area (TPSA) is 34.1 Å². The highest BCUT2D eigenvalue weighted by molar-refractivity contribution is 9.10. The first kappa shape index (κ1) is 6.93. The molecule has 0 amide bonds. The summed E-state index contributed by atoms with van der Waals surface area (Å²) in [5.41, 5.74) is 0. The Bertz CT molecular complexity index is 153. The molecular formula is C6H7BrO2. The molecule has 0 aromatic carbocycles. The van der Waals surface area contributed by atoms with Crippen LogP contribution in [0.2, 0.25) is 0 Å². The van der Waals surface area contributed by atoms with Gasteiger partial charge in [0.25, 0.3) is 0 Å². The summed E-state index contributed by atoms with van der Waals surface area (Å²) < 4.78 is 0. The van der Waals surface area contributed by atoms with Crippen LogP contribution in [0.4, 0.5) is 0 Å². The monoisotopic (exact) mass is 190 g/mol. The molecule has 1 fully saturated rings. The van der Waals surface area contributed by atoms with Gasteiger partial charge in [0.1, 0.15) is 5.78 Å². The molecule has 3 heteroatoms. The Morgan fingerprint density at radius 1 is 1.44 bits per heavy atom. The van der Waals surface area contributed by atoms with E-state index in [2.05, 4.69) is 15.9 Å². The van der Waals surface area contributed by atoms with E-state index in [1.165, 1.54) is 0 Å². The molecule has 0 saturated heterocycles. The van der Waals surface area contributed by atoms with E-state index in [1.54, 1.807) is 0 Å². The molecule has 0 aromatic rings. The van der Waals surface area contributed by atoms with Crippen molar-refractivity contribution in [1.82, 2.24) is 0 Å². The van der Waals surface area contributed by atoms with Crippen molar-refractivity contribution in [2.75, 3.05) is 0 Å². The fourth-order valence-corrected chi connectivity index (χ4v) is 1.23. The smallest absolute Gasteiger partial charge is 0.153 e. The van der Waals surface area contributed by atoms with E-state index in [9.17, 15) is 9.59 Å². The molecule has 50 valence electrons. The quantitative estimate of drug-likeness (QED) is 0.424. The van der Waals surface area contributed by atoms with Gasteiger partial charge in [-0.25, -0.2) is 0 Å². The average molecular weight is 191 g/mol. The van der Waals surface area contributed by atoms with Gasteiger partial charge in [0.15, 0.2) is 5.78 Å². The average Bonchev–Trinajstić information content (AvgIpc) is 1.80. The van der Waals surface area contributed by atoms with Crippen LogP contribution in [0.15, 0.2) is 0 Å². The van der Waals surface area contributed by atoms with Crippen LogP contribution in [0.25, 0.3) is 0 Å². The van der Waals surface area contributed by atoms with Gasteiger partial charge < -0.3 is 0 Å². The summed E-state index contributed by atoms with van der Waals surface area (Å²) in [6.45, 7) is 0. The van der Waals surface area contributed by atoms with Gasteiger partial charge >= 0.3 is 0 Å². The molecule has 0 radical (unpaired) electrons. The highest BCUT2D eigenvalue weighted by Gasteiger charge is 2.23. The first-order chi connectivity index (χ1) is 4.20. The van der Waals surface area contributed by atoms with Crippen molar-refractivity contribution in [1.29, 1.82) is 0 Å². The van der Waals surface area contributed by atoms with Gasteiger partial charge in [-0.3, -0.25) is 9.59 Å². The van der Waals surface area contributed by atoms with E-state index in [-0.39, 0.29) is 22.8 Å². The van der Waals surface area contributed by atoms with Crippen molar-refractivity contribution in [2.24, 2.45) is 0 Å². The van der Waals surface area contributed by atoms with Gasteiger partial charge in [-0.15, -0.1) is 0 Å². The van der Waals surface area contributed by atoms with Crippen LogP contribution in [0.3, 0.4) is 0 Å². The molecule has 1 rings (SSSR count). The molecule has 0 N–H and O–H groups in total. The first-order valence-electron chi connectivity index (χ1n) is 2.88. The van der Waals surface area contributed by atoms with Crippen molar-refractivity contribution in [3.8, 4) is 0 Å². The van der Waals surface area contributed by atoms with E-state index in [0.29, 0.717) is 12.8 Å². The maximum atomic E-state index is 10.7. The van der Waals surface area contributed by atoms with Crippen LogP contribution in [-0.4, -0.2) is 16.4 Å². The number of hydrogen-bond donors (Lipinski definition) is 0. The predicted molar refractivity (Wildman–Crippen MR) is 36.6 cm³/mol. The number of Topliss-reactive ketones (excluding diaryl/α,β-unsaturated/α-hetero) is 2. The maximum absolute atomic E-state index is 10.7. The van der Waals surface area contributed by atoms with Crippen molar-refractivity contribution >= 4 is 27.5 Å². The third-order valence-electron chi connectivity index (χ3n) is 1.40. The molecule has 0 spiro atoms. The Kier molecular flexibility index (Phi) is 2.01. The largest absolute Gasteiger partial charge is 0.299 e. The predicted octanol–water partition coefficient (Wildman–Crippen LogP) is 1.07. The second-order valence-corrected chi connectivity index (χ2v) is 3.29. The van der Waals surface area contributed by atoms with Crippen molar-refractivity contribution < 1.29 is 9.59 Å². The van der Waals surface area contributed by atoms with Crippen molar-refractivity contribution in [3.05, 3.63) is 0 Å². The summed E-state index contributed by atoms with van der Waals surface area (Å²) in [5, 5.41) is 0. The minimum Gasteiger partial charge on any atom is -0.299 e. The number of carbonyl (C=O) groups excluding carboxylic acids is 2. The van der Waals surface area contributed by atoms with Gasteiger partial charge in [0, 0.05) is 6.42 Å². The van der Waals surface area contributed by atoms with Crippen LogP contribution < -0.4 is 0 Å². The second-order valence-electron chi connectivity index (χ2n) is 2.19. The molecule has 0 aromatic heterocycles. The molecule has 1 unspecified atom stereocenters. The Balaban J connectivity index is 2.54. The van der Waals surface area contributed by atoms with Crippen LogP contribution in [0, 0.1) is 0 Å². The standard InChI is InChI=1S/C6H7BrO2/c7-5-2-1-4(8)3-6(5)9/h5H,1-3H2. The van der Waals surface area contributed by atoms with E-state index >= 15 is 0 Å². The number of carbonyl (C=O) groups is 2. The molecule has 1 aliphatic rings. The van der Waals surface area contributed by atoms with Gasteiger partial charge in [0.05, 0.1) is 11.2 Å². The van der Waals surface area contributed by atoms with Gasteiger partial charge in [0.2, 0.25) is 0 Å². The van der Waals surface area contributed by atoms with E-state index < -0.39 is 0 Å². The third-order valence-corrected chi connectivity index (χ3v) is 2.37. The molecule has 0 heterocycles. The molecule has 0 aliphatic heterocycles. The number of hydrogen-bond acceptors (Lipinski definition) is 2. The Labute approximate surface area is 61.7 Å². The number of rotatable bonds is 0. The van der Waals surface area contributed by atoms with Crippen molar-refractivity contribution in [2.45, 2.75) is 24.1 Å². The minimum absolute atomic E-state index is 0.0336. The minimum atomic E-state index is -0.0600. The lowest BCUT2D eigenvalue weighted by atomic mass is 9.98. The molecule has 1 atom stereocenters. The molecule has 9 heavy (non-hydrogen) atoms. The SMILES string of the molecule is O=C1CCC(Br)C(=O)C1. The lowest BCUT2D eigenvalue weighted by Gasteiger charge is -2.12. The molecule has 0 bridgehead atoms. The molecular weight excluding hydrogens is 184 g/mol. The zero-order valence-corrected chi connectivity index (χ0v) is 6.48. The zero-order chi connectivity index (χ0) is 6.85. The summed E-state index contributed by atoms with van der Waals surface area (Å²) in [6, 6.07) is 0. The van der Waals surface area contributed by atoms with Gasteiger partial charge in [-0.1, -0.05) is 15.9 Å². The highest BCUT2D eigenvalue weighted by atomic mass is 79.9. The first-order valence-corrected chi connectivity index (χ1v) is 3.80. The van der Waals surface area contributed by atoms with Crippen molar-refractivity contribution in [3.63, 3.8) is 0 Å². The lowest BCUT2D eigenvalue weighted by Crippen LogP contribution is -2.24. The summed E-state index contributed by atoms with van der Waals surface area (Å²) in [6.07, 6.45) is 1.37. The highest BCUT2D eigenvalue weighted by Crippen LogP contribution is 2.17. The van der Waals surface area contributed by atoms with E-state index in [4.69, 9.17) is 0 Å². The summed E-state index contributed by atoms with van der Waals surface area (Å²) >= 11 is 3.18. The number of halogens is 1. The maximum Gasteiger partial charge on any atom is 0.153 e. The molecule has 2 nitrogen and oxygen atoms in total. The zero-order valence-electron chi connectivity index (χ0n) is 4.89. The summed E-state index contributed by atoms with van der Waals surface area (Å²) in [5.74, 6) is 0.113. The fourth-order valence-electron chi connectivity index (χ4n) is 0.842. The Morgan fingerprint density at radius 2 is 2.11 bits per heavy atom. The Hall–Kier alpha value is -0.180. The summed E-state index contributed by atoms with van der Waals surface area (Å²) in [4.78, 5) is 21.3. The second kappa shape index (κ2) is 2.60. The summed E-state index contributed by atoms with van der Waals surface area (Å²) in [7, 11) is 0.